The smallest absolute Gasteiger partial charge is 0.204 e. The summed E-state index contributed by atoms with van der Waals surface area (Å²) < 4.78 is 0. The molecule has 0 aliphatic rings. The van der Waals surface area contributed by atoms with E-state index >= 15 is 0 Å². The van der Waals surface area contributed by atoms with E-state index in [9.17, 15) is 0 Å². The third-order valence-corrected chi connectivity index (χ3v) is 0.916. The highest BCUT2D eigenvalue weighted by molar-refractivity contribution is 5.81. The predicted octanol–water partition coefficient (Wildman–Crippen LogP) is 0.431. The Labute approximate surface area is 67.3 Å². The Morgan fingerprint density at radius 2 is 2.27 bits per heavy atom. The van der Waals surface area contributed by atoms with E-state index in [-0.39, 0.29) is 0 Å². The molecule has 0 aliphatic heterocycles. The molecule has 0 aliphatic carbocycles. The number of nitrogens with zero attached hydrogens (tertiary/aromatic N) is 2. The van der Waals surface area contributed by atoms with Gasteiger partial charge in [-0.2, -0.15) is 5.26 Å². The molecule has 0 radical (unpaired) electrons. The molecule has 4 nitrogen and oxygen atoms in total. The molecule has 0 aromatic carbocycles. The van der Waals surface area contributed by atoms with Crippen molar-refractivity contribution in [2.45, 2.75) is 26.8 Å². The Hall–Kier alpha value is -1.24. The zero-order valence-corrected chi connectivity index (χ0v) is 7.18. The van der Waals surface area contributed by atoms with Crippen LogP contribution in [0.15, 0.2) is 4.99 Å². The Balaban J connectivity index is 3.91. The molecule has 0 bridgehead atoms. The van der Waals surface area contributed by atoms with Crippen molar-refractivity contribution in [2.75, 3.05) is 6.54 Å². The average Bonchev–Trinajstić information content (AvgIpc) is 1.87. The molecule has 0 heterocycles. The molecule has 0 spiro atoms. The van der Waals surface area contributed by atoms with Gasteiger partial charge in [0.05, 0.1) is 0 Å². The number of rotatable bonds is 2. The van der Waals surface area contributed by atoms with Crippen LogP contribution in [-0.4, -0.2) is 18.5 Å². The molecule has 11 heavy (non-hydrogen) atoms. The molecule has 62 valence electrons. The molecular weight excluding hydrogens is 140 g/mol. The number of hydrogen-bond donors (Lipinski definition) is 2. The normalized spacial score (nSPS) is 11.0. The van der Waals surface area contributed by atoms with E-state index < -0.39 is 0 Å². The summed E-state index contributed by atoms with van der Waals surface area (Å²) in [5.41, 5.74) is 0. The van der Waals surface area contributed by atoms with Gasteiger partial charge in [0, 0.05) is 12.6 Å². The molecule has 2 N–H and O–H groups in total. The maximum Gasteiger partial charge on any atom is 0.204 e. The topological polar surface area (TPSA) is 60.2 Å². The fraction of sp³-hybridized carbons (Fsp3) is 0.714. The van der Waals surface area contributed by atoms with Crippen LogP contribution in [0.4, 0.5) is 0 Å². The van der Waals surface area contributed by atoms with Crippen molar-refractivity contribution < 1.29 is 0 Å². The lowest BCUT2D eigenvalue weighted by molar-refractivity contribution is 0.716. The maximum atomic E-state index is 8.29. The van der Waals surface area contributed by atoms with E-state index in [0.29, 0.717) is 18.5 Å². The van der Waals surface area contributed by atoms with Gasteiger partial charge in [-0.3, -0.25) is 10.3 Å². The van der Waals surface area contributed by atoms with Crippen LogP contribution in [0, 0.1) is 11.5 Å². The first-order chi connectivity index (χ1) is 5.20. The van der Waals surface area contributed by atoms with Crippen LogP contribution in [0.25, 0.3) is 0 Å². The van der Waals surface area contributed by atoms with Crippen LogP contribution >= 0.6 is 0 Å². The monoisotopic (exact) mass is 154 g/mol. The molecule has 0 rings (SSSR count). The van der Waals surface area contributed by atoms with Crippen LogP contribution in [0.3, 0.4) is 0 Å². The van der Waals surface area contributed by atoms with E-state index in [0.717, 1.165) is 0 Å². The van der Waals surface area contributed by atoms with Gasteiger partial charge in [-0.25, -0.2) is 0 Å². The zero-order valence-electron chi connectivity index (χ0n) is 7.18. The second kappa shape index (κ2) is 5.54. The lowest BCUT2D eigenvalue weighted by atomic mass is 10.4. The second-order valence-corrected chi connectivity index (χ2v) is 2.36. The first kappa shape index (κ1) is 9.76. The van der Waals surface area contributed by atoms with Crippen molar-refractivity contribution in [1.82, 2.24) is 10.6 Å². The molecule has 0 fully saturated rings. The number of aliphatic imine (C=N–C) groups is 1. The summed E-state index contributed by atoms with van der Waals surface area (Å²) in [5.74, 6) is 0.546. The Morgan fingerprint density at radius 3 is 2.64 bits per heavy atom. The largest absolute Gasteiger partial charge is 0.353 e. The number of nitriles is 1. The minimum atomic E-state index is 0.293. The Bertz CT molecular complexity index is 166. The van der Waals surface area contributed by atoms with E-state index in [4.69, 9.17) is 5.26 Å². The van der Waals surface area contributed by atoms with Crippen LogP contribution < -0.4 is 10.6 Å². The lowest BCUT2D eigenvalue weighted by Crippen LogP contribution is -2.38. The highest BCUT2D eigenvalue weighted by Crippen LogP contribution is 1.77. The van der Waals surface area contributed by atoms with Crippen molar-refractivity contribution >= 4 is 5.96 Å². The van der Waals surface area contributed by atoms with Gasteiger partial charge < -0.3 is 5.32 Å². The third kappa shape index (κ3) is 5.22. The summed E-state index contributed by atoms with van der Waals surface area (Å²) in [6.45, 7) is 6.57. The molecule has 4 heteroatoms. The van der Waals surface area contributed by atoms with Crippen molar-refractivity contribution in [3.63, 3.8) is 0 Å². The van der Waals surface area contributed by atoms with E-state index in [1.807, 2.05) is 27.0 Å². The van der Waals surface area contributed by atoms with Gasteiger partial charge in [0.1, 0.15) is 0 Å². The highest BCUT2D eigenvalue weighted by Gasteiger charge is 1.97. The Morgan fingerprint density at radius 1 is 1.64 bits per heavy atom. The van der Waals surface area contributed by atoms with Gasteiger partial charge in [-0.05, 0) is 20.8 Å². The van der Waals surface area contributed by atoms with Gasteiger partial charge >= 0.3 is 0 Å². The van der Waals surface area contributed by atoms with E-state index in [1.54, 1.807) is 0 Å². The average molecular weight is 154 g/mol. The standard InChI is InChI=1S/C7H14N4/c1-4-9-7(10-5-8)11-6(2)3/h6H,4H2,1-3H3,(H2,9,10,11). The number of guanidine groups is 1. The molecule has 0 aromatic heterocycles. The van der Waals surface area contributed by atoms with Crippen molar-refractivity contribution in [3.8, 4) is 6.19 Å². The molecule has 0 saturated heterocycles. The van der Waals surface area contributed by atoms with Crippen molar-refractivity contribution in [3.05, 3.63) is 0 Å². The van der Waals surface area contributed by atoms with Crippen LogP contribution in [0.1, 0.15) is 20.8 Å². The van der Waals surface area contributed by atoms with Gasteiger partial charge in [0.2, 0.25) is 5.96 Å². The summed E-state index contributed by atoms with van der Waals surface area (Å²) in [6, 6.07) is 0.293. The lowest BCUT2D eigenvalue weighted by Gasteiger charge is -2.09. The second-order valence-electron chi connectivity index (χ2n) is 2.36. The summed E-state index contributed by atoms with van der Waals surface area (Å²) >= 11 is 0. The zero-order chi connectivity index (χ0) is 8.69. The molecule has 0 amide bonds. The van der Waals surface area contributed by atoms with Crippen LogP contribution in [0.5, 0.6) is 0 Å². The summed E-state index contributed by atoms with van der Waals surface area (Å²) in [6.07, 6.45) is 1.81. The summed E-state index contributed by atoms with van der Waals surface area (Å²) in [5, 5.41) is 13.8. The maximum absolute atomic E-state index is 8.29. The SMILES string of the molecule is CCN=C(NC#N)NC(C)C. The van der Waals surface area contributed by atoms with Crippen molar-refractivity contribution in [2.24, 2.45) is 4.99 Å². The minimum Gasteiger partial charge on any atom is -0.353 e. The quantitative estimate of drug-likeness (QED) is 0.262. The van der Waals surface area contributed by atoms with E-state index in [2.05, 4.69) is 15.6 Å². The molecule has 0 unspecified atom stereocenters. The number of nitrogens with one attached hydrogen (secondary N) is 2. The molecular formula is C7H14N4. The van der Waals surface area contributed by atoms with Gasteiger partial charge in [-0.15, -0.1) is 0 Å². The van der Waals surface area contributed by atoms with Crippen LogP contribution in [0.2, 0.25) is 0 Å². The van der Waals surface area contributed by atoms with E-state index in [1.165, 1.54) is 0 Å². The van der Waals surface area contributed by atoms with Crippen molar-refractivity contribution in [1.29, 1.82) is 5.26 Å². The Kier molecular flexibility index (Phi) is 4.91. The molecule has 0 aromatic rings. The third-order valence-electron chi connectivity index (χ3n) is 0.916. The van der Waals surface area contributed by atoms with Gasteiger partial charge in [0.15, 0.2) is 6.19 Å². The summed E-state index contributed by atoms with van der Waals surface area (Å²) in [7, 11) is 0. The first-order valence-electron chi connectivity index (χ1n) is 3.66. The number of hydrogen-bond acceptors (Lipinski definition) is 2. The highest BCUT2D eigenvalue weighted by atomic mass is 15.2. The first-order valence-corrected chi connectivity index (χ1v) is 3.66. The minimum absolute atomic E-state index is 0.293. The van der Waals surface area contributed by atoms with Gasteiger partial charge in [-0.1, -0.05) is 0 Å². The molecule has 0 atom stereocenters. The van der Waals surface area contributed by atoms with Crippen LogP contribution in [-0.2, 0) is 0 Å². The fourth-order valence-corrected chi connectivity index (χ4v) is 0.606. The summed E-state index contributed by atoms with van der Waals surface area (Å²) in [4.78, 5) is 4.03. The predicted molar refractivity (Wildman–Crippen MR) is 45.0 cm³/mol. The fourth-order valence-electron chi connectivity index (χ4n) is 0.606. The molecule has 0 saturated carbocycles. The van der Waals surface area contributed by atoms with Gasteiger partial charge in [0.25, 0.3) is 0 Å².